The Hall–Kier alpha value is -3.00. The summed E-state index contributed by atoms with van der Waals surface area (Å²) in [4.78, 5) is 32.8. The van der Waals surface area contributed by atoms with E-state index < -0.39 is 0 Å². The molecule has 0 aliphatic carbocycles. The van der Waals surface area contributed by atoms with Crippen molar-refractivity contribution in [2.45, 2.75) is 39.0 Å². The summed E-state index contributed by atoms with van der Waals surface area (Å²) in [6.45, 7) is 7.35. The molecule has 8 heteroatoms. The molecular formula is C23H27N5O2S. The molecule has 7 nitrogen and oxygen atoms in total. The van der Waals surface area contributed by atoms with Gasteiger partial charge in [-0.15, -0.1) is 11.3 Å². The molecule has 0 saturated carbocycles. The van der Waals surface area contributed by atoms with E-state index in [9.17, 15) is 9.59 Å². The molecule has 1 aliphatic heterocycles. The highest BCUT2D eigenvalue weighted by molar-refractivity contribution is 7.12. The van der Waals surface area contributed by atoms with Gasteiger partial charge in [-0.1, -0.05) is 32.9 Å². The van der Waals surface area contributed by atoms with Crippen LogP contribution in [0.1, 0.15) is 49.0 Å². The van der Waals surface area contributed by atoms with Gasteiger partial charge in [0.25, 0.3) is 5.91 Å². The van der Waals surface area contributed by atoms with Crippen LogP contribution in [-0.4, -0.2) is 44.6 Å². The number of likely N-dealkylation sites (tertiary alicyclic amines) is 1. The van der Waals surface area contributed by atoms with Gasteiger partial charge in [0, 0.05) is 30.8 Å². The number of carbonyl (C=O) groups excluding carboxylic acids is 2. The Balaban J connectivity index is 1.54. The average molecular weight is 438 g/mol. The van der Waals surface area contributed by atoms with Gasteiger partial charge < -0.3 is 10.2 Å². The first-order valence-electron chi connectivity index (χ1n) is 10.5. The third-order valence-corrected chi connectivity index (χ3v) is 6.26. The van der Waals surface area contributed by atoms with Crippen LogP contribution in [0.2, 0.25) is 0 Å². The van der Waals surface area contributed by atoms with E-state index in [1.165, 1.54) is 11.3 Å². The predicted octanol–water partition coefficient (Wildman–Crippen LogP) is 4.12. The first-order chi connectivity index (χ1) is 14.8. The van der Waals surface area contributed by atoms with E-state index in [1.54, 1.807) is 15.8 Å². The summed E-state index contributed by atoms with van der Waals surface area (Å²) in [6, 6.07) is 11.2. The lowest BCUT2D eigenvalue weighted by molar-refractivity contribution is -0.121. The Kier molecular flexibility index (Phi) is 5.91. The molecular weight excluding hydrogens is 410 g/mol. The Bertz CT molecular complexity index is 1050. The Morgan fingerprint density at radius 2 is 2.03 bits per heavy atom. The monoisotopic (exact) mass is 437 g/mol. The van der Waals surface area contributed by atoms with E-state index >= 15 is 0 Å². The zero-order valence-electron chi connectivity index (χ0n) is 18.0. The summed E-state index contributed by atoms with van der Waals surface area (Å²) in [6.07, 6.45) is 3.26. The lowest BCUT2D eigenvalue weighted by Gasteiger charge is -2.31. The number of rotatable bonds is 4. The molecule has 0 radical (unpaired) electrons. The van der Waals surface area contributed by atoms with Gasteiger partial charge >= 0.3 is 0 Å². The van der Waals surface area contributed by atoms with E-state index in [1.807, 2.05) is 41.8 Å². The molecule has 1 unspecified atom stereocenters. The van der Waals surface area contributed by atoms with Crippen LogP contribution in [0.3, 0.4) is 0 Å². The molecule has 1 saturated heterocycles. The smallest absolute Gasteiger partial charge is 0.263 e. The van der Waals surface area contributed by atoms with Gasteiger partial charge in [-0.25, -0.2) is 4.98 Å². The van der Waals surface area contributed by atoms with E-state index in [2.05, 4.69) is 31.1 Å². The Morgan fingerprint density at radius 1 is 1.19 bits per heavy atom. The Morgan fingerprint density at radius 3 is 2.71 bits per heavy atom. The second-order valence-corrected chi connectivity index (χ2v) is 9.77. The van der Waals surface area contributed by atoms with Crippen LogP contribution in [0.15, 0.2) is 48.0 Å². The van der Waals surface area contributed by atoms with Crippen LogP contribution in [0.4, 0.5) is 5.82 Å². The number of anilines is 1. The molecule has 0 spiro atoms. The van der Waals surface area contributed by atoms with Crippen LogP contribution in [-0.2, 0) is 10.2 Å². The lowest BCUT2D eigenvalue weighted by atomic mass is 9.92. The third kappa shape index (κ3) is 4.69. The van der Waals surface area contributed by atoms with E-state index in [0.29, 0.717) is 29.6 Å². The van der Waals surface area contributed by atoms with Crippen LogP contribution in [0.25, 0.3) is 5.82 Å². The van der Waals surface area contributed by atoms with Crippen molar-refractivity contribution in [3.63, 3.8) is 0 Å². The molecule has 31 heavy (non-hydrogen) atoms. The van der Waals surface area contributed by atoms with Gasteiger partial charge in [0.05, 0.1) is 16.5 Å². The van der Waals surface area contributed by atoms with Crippen molar-refractivity contribution >= 4 is 29.0 Å². The van der Waals surface area contributed by atoms with Crippen molar-refractivity contribution in [3.8, 4) is 5.82 Å². The number of hydrogen-bond acceptors (Lipinski definition) is 5. The van der Waals surface area contributed by atoms with Crippen molar-refractivity contribution in [3.05, 3.63) is 58.5 Å². The molecule has 3 aromatic rings. The van der Waals surface area contributed by atoms with Crippen LogP contribution < -0.4 is 5.32 Å². The summed E-state index contributed by atoms with van der Waals surface area (Å²) >= 11 is 1.43. The molecule has 1 N–H and O–H groups in total. The molecule has 2 amide bonds. The van der Waals surface area contributed by atoms with Crippen LogP contribution in [0, 0.1) is 5.92 Å². The summed E-state index contributed by atoms with van der Waals surface area (Å²) in [5.74, 6) is 0.881. The third-order valence-electron chi connectivity index (χ3n) is 5.41. The summed E-state index contributed by atoms with van der Waals surface area (Å²) in [7, 11) is 0. The first-order valence-corrected chi connectivity index (χ1v) is 11.4. The highest BCUT2D eigenvalue weighted by Crippen LogP contribution is 2.27. The first kappa shape index (κ1) is 21.2. The molecule has 1 aliphatic rings. The van der Waals surface area contributed by atoms with Crippen molar-refractivity contribution in [2.24, 2.45) is 5.92 Å². The molecule has 1 atom stereocenters. The number of hydrogen-bond donors (Lipinski definition) is 1. The summed E-state index contributed by atoms with van der Waals surface area (Å²) in [5, 5.41) is 9.65. The van der Waals surface area contributed by atoms with Gasteiger partial charge in [0.1, 0.15) is 5.82 Å². The van der Waals surface area contributed by atoms with Gasteiger partial charge in [0.2, 0.25) is 5.91 Å². The largest absolute Gasteiger partial charge is 0.337 e. The van der Waals surface area contributed by atoms with E-state index in [4.69, 9.17) is 5.10 Å². The highest BCUT2D eigenvalue weighted by atomic mass is 32.1. The van der Waals surface area contributed by atoms with Crippen molar-refractivity contribution < 1.29 is 9.59 Å². The highest BCUT2D eigenvalue weighted by Gasteiger charge is 2.30. The maximum absolute atomic E-state index is 13.2. The minimum Gasteiger partial charge on any atom is -0.337 e. The zero-order valence-corrected chi connectivity index (χ0v) is 18.9. The van der Waals surface area contributed by atoms with E-state index in [-0.39, 0.29) is 23.1 Å². The minimum absolute atomic E-state index is 0.000969. The van der Waals surface area contributed by atoms with Crippen molar-refractivity contribution in [1.82, 2.24) is 19.7 Å². The maximum Gasteiger partial charge on any atom is 0.263 e. The molecule has 4 rings (SSSR count). The fraction of sp³-hybridized carbons (Fsp3) is 0.391. The van der Waals surface area contributed by atoms with Crippen LogP contribution >= 0.6 is 11.3 Å². The molecule has 4 heterocycles. The molecule has 0 aromatic carbocycles. The maximum atomic E-state index is 13.2. The number of pyridine rings is 1. The number of thiophene rings is 1. The number of amides is 2. The minimum atomic E-state index is -0.261. The lowest BCUT2D eigenvalue weighted by Crippen LogP contribution is -2.43. The Labute approximate surface area is 186 Å². The number of carbonyl (C=O) groups is 2. The zero-order chi connectivity index (χ0) is 22.0. The summed E-state index contributed by atoms with van der Waals surface area (Å²) < 4.78 is 1.68. The normalized spacial score (nSPS) is 16.9. The summed E-state index contributed by atoms with van der Waals surface area (Å²) in [5.41, 5.74) is 0.695. The average Bonchev–Trinajstić information content (AvgIpc) is 3.44. The van der Waals surface area contributed by atoms with Gasteiger partial charge in [0.15, 0.2) is 5.82 Å². The molecule has 0 bridgehead atoms. The van der Waals surface area contributed by atoms with Gasteiger partial charge in [-0.2, -0.15) is 9.78 Å². The fourth-order valence-corrected chi connectivity index (χ4v) is 4.34. The SMILES string of the molecule is CC(C)(C)c1cc(NC(=O)C2CCCN(C(=O)c3cccs3)C2)n(-c2ccccn2)n1. The van der Waals surface area contributed by atoms with Gasteiger partial charge in [-0.05, 0) is 36.4 Å². The number of piperidine rings is 1. The van der Waals surface area contributed by atoms with E-state index in [0.717, 1.165) is 18.5 Å². The molecule has 3 aromatic heterocycles. The second-order valence-electron chi connectivity index (χ2n) is 8.82. The number of aromatic nitrogens is 3. The van der Waals surface area contributed by atoms with Crippen molar-refractivity contribution in [2.75, 3.05) is 18.4 Å². The second kappa shape index (κ2) is 8.63. The number of nitrogens with one attached hydrogen (secondary N) is 1. The van der Waals surface area contributed by atoms with Crippen molar-refractivity contribution in [1.29, 1.82) is 0 Å². The van der Waals surface area contributed by atoms with Gasteiger partial charge in [-0.3, -0.25) is 9.59 Å². The fourth-order valence-electron chi connectivity index (χ4n) is 3.65. The molecule has 162 valence electrons. The van der Waals surface area contributed by atoms with Crippen LogP contribution in [0.5, 0.6) is 0 Å². The quantitative estimate of drug-likeness (QED) is 0.666. The predicted molar refractivity (Wildman–Crippen MR) is 122 cm³/mol. The molecule has 1 fully saturated rings. The number of nitrogens with zero attached hydrogens (tertiary/aromatic N) is 4. The standard InChI is InChI=1S/C23H27N5O2S/c1-23(2,3)18-14-20(28(26-18)19-10-4-5-11-24-19)25-21(29)16-8-6-12-27(15-16)22(30)17-9-7-13-31-17/h4-5,7,9-11,13-14,16H,6,8,12,15H2,1-3H3,(H,25,29). The topological polar surface area (TPSA) is 80.1 Å².